The van der Waals surface area contributed by atoms with E-state index in [1.165, 1.54) is 0 Å². The summed E-state index contributed by atoms with van der Waals surface area (Å²) in [7, 11) is 0. The summed E-state index contributed by atoms with van der Waals surface area (Å²) >= 11 is 0. The molecule has 0 saturated heterocycles. The van der Waals surface area contributed by atoms with Gasteiger partial charge >= 0.3 is 0 Å². The summed E-state index contributed by atoms with van der Waals surface area (Å²) in [6.07, 6.45) is 3.02. The molecular weight excluding hydrogens is 190 g/mol. The minimum atomic E-state index is -0.264. The van der Waals surface area contributed by atoms with Crippen molar-refractivity contribution in [3.8, 4) is 0 Å². The molecule has 92 valence electrons. The normalized spacial score (nSPS) is 12.4. The number of hydrogen-bond acceptors (Lipinski definition) is 3. The molecule has 1 N–H and O–H groups in total. The molecule has 0 saturated carbocycles. The number of hydrogen-bond donors (Lipinski definition) is 1. The molecule has 0 unspecified atom stereocenters. The standard InChI is InChI=1S/C12H27NO2/c1-6-12(7-2,8-3)13-11(14-9-4)15-10-5/h11,13H,6-10H2,1-5H3. The van der Waals surface area contributed by atoms with E-state index in [0.29, 0.717) is 13.2 Å². The highest BCUT2D eigenvalue weighted by molar-refractivity contribution is 4.83. The van der Waals surface area contributed by atoms with E-state index in [1.807, 2.05) is 13.8 Å². The Balaban J connectivity index is 4.30. The molecule has 0 fully saturated rings. The lowest BCUT2D eigenvalue weighted by Gasteiger charge is -2.35. The Bertz CT molecular complexity index is 132. The second kappa shape index (κ2) is 8.08. The predicted octanol–water partition coefficient (Wildman–Crippen LogP) is 2.90. The van der Waals surface area contributed by atoms with E-state index in [4.69, 9.17) is 9.47 Å². The second-order valence-electron chi connectivity index (χ2n) is 3.73. The van der Waals surface area contributed by atoms with Crippen molar-refractivity contribution in [2.24, 2.45) is 0 Å². The molecule has 0 aromatic rings. The molecule has 0 aliphatic carbocycles. The molecule has 0 aromatic heterocycles. The molecule has 0 radical (unpaired) electrons. The molecule has 0 amide bonds. The Labute approximate surface area is 94.5 Å². The van der Waals surface area contributed by atoms with Gasteiger partial charge in [-0.25, -0.2) is 0 Å². The van der Waals surface area contributed by atoms with Crippen LogP contribution in [0, 0.1) is 0 Å². The summed E-state index contributed by atoms with van der Waals surface area (Å²) in [5, 5.41) is 3.47. The van der Waals surface area contributed by atoms with Crippen LogP contribution in [0.15, 0.2) is 0 Å². The summed E-state index contributed by atoms with van der Waals surface area (Å²) < 4.78 is 11.0. The van der Waals surface area contributed by atoms with Crippen molar-refractivity contribution < 1.29 is 9.47 Å². The molecule has 0 aliphatic rings. The zero-order valence-corrected chi connectivity index (χ0v) is 10.9. The quantitative estimate of drug-likeness (QED) is 0.602. The Morgan fingerprint density at radius 2 is 1.27 bits per heavy atom. The maximum absolute atomic E-state index is 5.51. The van der Waals surface area contributed by atoms with Crippen LogP contribution in [0.3, 0.4) is 0 Å². The molecule has 3 heteroatoms. The van der Waals surface area contributed by atoms with Crippen LogP contribution in [-0.4, -0.2) is 25.2 Å². The van der Waals surface area contributed by atoms with Crippen molar-refractivity contribution in [3.63, 3.8) is 0 Å². The van der Waals surface area contributed by atoms with Crippen LogP contribution in [0.1, 0.15) is 53.9 Å². The van der Waals surface area contributed by atoms with Crippen LogP contribution < -0.4 is 5.32 Å². The van der Waals surface area contributed by atoms with E-state index in [9.17, 15) is 0 Å². The van der Waals surface area contributed by atoms with Crippen LogP contribution in [0.2, 0.25) is 0 Å². The maximum atomic E-state index is 5.51. The molecule has 0 aromatic carbocycles. The maximum Gasteiger partial charge on any atom is 0.216 e. The second-order valence-corrected chi connectivity index (χ2v) is 3.73. The lowest BCUT2D eigenvalue weighted by molar-refractivity contribution is -0.169. The van der Waals surface area contributed by atoms with Gasteiger partial charge in [-0.05, 0) is 33.1 Å². The van der Waals surface area contributed by atoms with Gasteiger partial charge in [0.05, 0.1) is 0 Å². The minimum Gasteiger partial charge on any atom is -0.340 e. The average molecular weight is 217 g/mol. The topological polar surface area (TPSA) is 30.5 Å². The van der Waals surface area contributed by atoms with Gasteiger partial charge in [0.25, 0.3) is 0 Å². The third kappa shape index (κ3) is 4.96. The Kier molecular flexibility index (Phi) is 8.02. The van der Waals surface area contributed by atoms with Gasteiger partial charge in [0.2, 0.25) is 6.41 Å². The number of rotatable bonds is 9. The van der Waals surface area contributed by atoms with Gasteiger partial charge in [-0.15, -0.1) is 0 Å². The average Bonchev–Trinajstić information content (AvgIpc) is 2.27. The Morgan fingerprint density at radius 3 is 1.53 bits per heavy atom. The first-order chi connectivity index (χ1) is 7.17. The van der Waals surface area contributed by atoms with E-state index < -0.39 is 0 Å². The lowest BCUT2D eigenvalue weighted by Crippen LogP contribution is -2.51. The lowest BCUT2D eigenvalue weighted by atomic mass is 9.90. The Morgan fingerprint density at radius 1 is 0.867 bits per heavy atom. The molecule has 15 heavy (non-hydrogen) atoms. The van der Waals surface area contributed by atoms with Gasteiger partial charge in [-0.3, -0.25) is 5.32 Å². The fourth-order valence-corrected chi connectivity index (χ4v) is 1.74. The third-order valence-electron chi connectivity index (χ3n) is 3.09. The van der Waals surface area contributed by atoms with Crippen LogP contribution in [0.5, 0.6) is 0 Å². The first kappa shape index (κ1) is 14.9. The van der Waals surface area contributed by atoms with Crippen molar-refractivity contribution in [2.45, 2.75) is 65.8 Å². The highest BCUT2D eigenvalue weighted by Crippen LogP contribution is 2.20. The molecular formula is C12H27NO2. The van der Waals surface area contributed by atoms with Crippen LogP contribution in [0.4, 0.5) is 0 Å². The SMILES string of the molecule is CCOC(NC(CC)(CC)CC)OCC. The van der Waals surface area contributed by atoms with Crippen molar-refractivity contribution in [1.29, 1.82) is 0 Å². The third-order valence-corrected chi connectivity index (χ3v) is 3.09. The summed E-state index contributed by atoms with van der Waals surface area (Å²) in [5.41, 5.74) is 0.148. The van der Waals surface area contributed by atoms with E-state index in [1.54, 1.807) is 0 Å². The largest absolute Gasteiger partial charge is 0.340 e. The highest BCUT2D eigenvalue weighted by atomic mass is 16.7. The summed E-state index contributed by atoms with van der Waals surface area (Å²) in [5.74, 6) is 0. The molecule has 0 spiro atoms. The monoisotopic (exact) mass is 217 g/mol. The summed E-state index contributed by atoms with van der Waals surface area (Å²) in [6.45, 7) is 11.9. The number of nitrogens with one attached hydrogen (secondary N) is 1. The highest BCUT2D eigenvalue weighted by Gasteiger charge is 2.27. The van der Waals surface area contributed by atoms with Gasteiger partial charge in [-0.1, -0.05) is 20.8 Å². The summed E-state index contributed by atoms with van der Waals surface area (Å²) in [6, 6.07) is 0. The fraction of sp³-hybridized carbons (Fsp3) is 1.00. The summed E-state index contributed by atoms with van der Waals surface area (Å²) in [4.78, 5) is 0. The first-order valence-corrected chi connectivity index (χ1v) is 6.18. The molecule has 0 atom stereocenters. The van der Waals surface area contributed by atoms with Crippen LogP contribution in [0.25, 0.3) is 0 Å². The van der Waals surface area contributed by atoms with E-state index in [-0.39, 0.29) is 12.0 Å². The van der Waals surface area contributed by atoms with Crippen molar-refractivity contribution in [3.05, 3.63) is 0 Å². The van der Waals surface area contributed by atoms with Crippen molar-refractivity contribution in [1.82, 2.24) is 5.32 Å². The molecule has 0 heterocycles. The number of ether oxygens (including phenoxy) is 2. The van der Waals surface area contributed by atoms with E-state index >= 15 is 0 Å². The molecule has 3 nitrogen and oxygen atoms in total. The molecule has 0 bridgehead atoms. The smallest absolute Gasteiger partial charge is 0.216 e. The van der Waals surface area contributed by atoms with Gasteiger partial charge in [0.1, 0.15) is 0 Å². The Hall–Kier alpha value is -0.120. The molecule has 0 aliphatic heterocycles. The van der Waals surface area contributed by atoms with E-state index in [2.05, 4.69) is 26.1 Å². The minimum absolute atomic E-state index is 0.148. The molecule has 0 rings (SSSR count). The van der Waals surface area contributed by atoms with Crippen molar-refractivity contribution in [2.75, 3.05) is 13.2 Å². The van der Waals surface area contributed by atoms with Crippen molar-refractivity contribution >= 4 is 0 Å². The van der Waals surface area contributed by atoms with Gasteiger partial charge in [0.15, 0.2) is 0 Å². The van der Waals surface area contributed by atoms with E-state index in [0.717, 1.165) is 19.3 Å². The van der Waals surface area contributed by atoms with Gasteiger partial charge in [-0.2, -0.15) is 0 Å². The zero-order valence-electron chi connectivity index (χ0n) is 10.9. The van der Waals surface area contributed by atoms with Crippen LogP contribution in [-0.2, 0) is 9.47 Å². The van der Waals surface area contributed by atoms with Gasteiger partial charge < -0.3 is 9.47 Å². The zero-order chi connectivity index (χ0) is 11.7. The van der Waals surface area contributed by atoms with Crippen LogP contribution >= 0.6 is 0 Å². The first-order valence-electron chi connectivity index (χ1n) is 6.18. The predicted molar refractivity (Wildman–Crippen MR) is 63.8 cm³/mol. The van der Waals surface area contributed by atoms with Gasteiger partial charge in [0, 0.05) is 18.8 Å². The fourth-order valence-electron chi connectivity index (χ4n) is 1.74.